The summed E-state index contributed by atoms with van der Waals surface area (Å²) in [5.74, 6) is -5.58. The smallest absolute Gasteiger partial charge is 0.194 e. The second-order valence-electron chi connectivity index (χ2n) is 7.77. The lowest BCUT2D eigenvalue weighted by molar-refractivity contribution is 0.446. The summed E-state index contributed by atoms with van der Waals surface area (Å²) in [4.78, 5) is -0.0982. The molecule has 6 heteroatoms. The van der Waals surface area contributed by atoms with Crippen LogP contribution in [0.5, 0.6) is 0 Å². The van der Waals surface area contributed by atoms with E-state index in [9.17, 15) is 22.0 Å². The maximum atomic E-state index is 15.0. The van der Waals surface area contributed by atoms with E-state index >= 15 is 0 Å². The van der Waals surface area contributed by atoms with Gasteiger partial charge in [-0.25, -0.2) is 32.0 Å². The minimum atomic E-state index is -2.14. The van der Waals surface area contributed by atoms with Gasteiger partial charge in [0.25, 0.3) is 0 Å². The summed E-state index contributed by atoms with van der Waals surface area (Å²) >= 11 is 0. The Morgan fingerprint density at radius 3 is 1.70 bits per heavy atom. The van der Waals surface area contributed by atoms with Gasteiger partial charge < -0.3 is 0 Å². The number of halogens is 5. The van der Waals surface area contributed by atoms with E-state index in [2.05, 4.69) is 6.92 Å². The van der Waals surface area contributed by atoms with Crippen molar-refractivity contribution in [3.63, 3.8) is 0 Å². The lowest BCUT2D eigenvalue weighted by atomic mass is 10.0. The van der Waals surface area contributed by atoms with E-state index in [1.807, 2.05) is 24.3 Å². The molecule has 0 fully saturated rings. The fourth-order valence-electron chi connectivity index (χ4n) is 3.59. The van der Waals surface area contributed by atoms with E-state index in [1.54, 1.807) is 12.5 Å². The Labute approximate surface area is 175 Å². The summed E-state index contributed by atoms with van der Waals surface area (Å²) in [5, 5.41) is 0. The summed E-state index contributed by atoms with van der Waals surface area (Å²) in [6.45, 7) is 2.08. The second kappa shape index (κ2) is 8.80. The quantitative estimate of drug-likeness (QED) is 0.274. The highest BCUT2D eigenvalue weighted by Gasteiger charge is 2.26. The predicted octanol–water partition coefficient (Wildman–Crippen LogP) is 7.62. The van der Waals surface area contributed by atoms with Gasteiger partial charge in [0.05, 0.1) is 4.90 Å². The van der Waals surface area contributed by atoms with Crippen LogP contribution in [0.3, 0.4) is 0 Å². The van der Waals surface area contributed by atoms with Crippen molar-refractivity contribution in [2.75, 3.05) is 12.5 Å². The summed E-state index contributed by atoms with van der Waals surface area (Å²) in [6.07, 6.45) is 5.26. The summed E-state index contributed by atoms with van der Waals surface area (Å²) in [5.41, 5.74) is 2.43. The first-order valence-corrected chi connectivity index (χ1v) is 12.2. The van der Waals surface area contributed by atoms with E-state index in [4.69, 9.17) is 0 Å². The van der Waals surface area contributed by atoms with Crippen LogP contribution in [0, 0.1) is 29.1 Å². The van der Waals surface area contributed by atoms with Crippen LogP contribution in [0.1, 0.15) is 24.5 Å². The molecular formula is C24H23F5S. The Bertz CT molecular complexity index is 1010. The van der Waals surface area contributed by atoms with Gasteiger partial charge in [0.2, 0.25) is 0 Å². The van der Waals surface area contributed by atoms with Gasteiger partial charge in [0, 0.05) is 5.75 Å². The zero-order valence-corrected chi connectivity index (χ0v) is 17.9. The topological polar surface area (TPSA) is 0 Å². The van der Waals surface area contributed by atoms with Crippen molar-refractivity contribution < 1.29 is 22.0 Å². The zero-order chi connectivity index (χ0) is 22.1. The number of benzene rings is 3. The molecular weight excluding hydrogens is 415 g/mol. The zero-order valence-electron chi connectivity index (χ0n) is 17.0. The molecule has 3 rings (SSSR count). The van der Waals surface area contributed by atoms with Gasteiger partial charge in [-0.1, -0.05) is 37.6 Å². The SMILES string of the molecule is CCCc1ccc(-c2cc(F)c(S(C)(C)Cc3cc(F)c(F)c(F)c3)c(F)c2)cc1. The molecule has 0 N–H and O–H groups in total. The average molecular weight is 439 g/mol. The van der Waals surface area contributed by atoms with Gasteiger partial charge >= 0.3 is 0 Å². The molecule has 0 aliphatic heterocycles. The Balaban J connectivity index is 1.94. The maximum Gasteiger partial charge on any atom is 0.194 e. The lowest BCUT2D eigenvalue weighted by Gasteiger charge is -2.32. The first-order valence-electron chi connectivity index (χ1n) is 9.55. The Kier molecular flexibility index (Phi) is 6.56. The standard InChI is InChI=1S/C24H23F5S/c1-4-5-15-6-8-17(9-7-15)18-12-21(27)24(22(28)13-18)30(2,3)14-16-10-19(25)23(29)20(26)11-16/h6-13H,4-5,14H2,1-3H3. The molecule has 0 atom stereocenters. The molecule has 3 aromatic rings. The largest absolute Gasteiger partial charge is 0.211 e. The Hall–Kier alpha value is -2.34. The van der Waals surface area contributed by atoms with Crippen LogP contribution < -0.4 is 0 Å². The maximum absolute atomic E-state index is 15.0. The molecule has 0 spiro atoms. The van der Waals surface area contributed by atoms with E-state index in [0.717, 1.165) is 30.5 Å². The summed E-state index contributed by atoms with van der Waals surface area (Å²) in [7, 11) is -2.14. The minimum Gasteiger partial charge on any atom is -0.211 e. The Morgan fingerprint density at radius 1 is 0.667 bits per heavy atom. The van der Waals surface area contributed by atoms with E-state index < -0.39 is 39.1 Å². The molecule has 3 aromatic carbocycles. The van der Waals surface area contributed by atoms with Crippen LogP contribution in [0.25, 0.3) is 11.1 Å². The average Bonchev–Trinajstić information content (AvgIpc) is 2.65. The molecule has 0 aromatic heterocycles. The third-order valence-corrected chi connectivity index (χ3v) is 7.50. The van der Waals surface area contributed by atoms with Gasteiger partial charge in [0.1, 0.15) is 11.6 Å². The number of rotatable bonds is 6. The molecule has 0 aliphatic rings. The van der Waals surface area contributed by atoms with Crippen molar-refractivity contribution in [2.24, 2.45) is 0 Å². The van der Waals surface area contributed by atoms with Crippen LogP contribution >= 0.6 is 10.0 Å². The van der Waals surface area contributed by atoms with Crippen LogP contribution in [0.2, 0.25) is 0 Å². The lowest BCUT2D eigenvalue weighted by Crippen LogP contribution is -2.07. The van der Waals surface area contributed by atoms with Crippen LogP contribution in [-0.2, 0) is 12.2 Å². The third-order valence-electron chi connectivity index (χ3n) is 4.95. The highest BCUT2D eigenvalue weighted by Crippen LogP contribution is 2.54. The van der Waals surface area contributed by atoms with Crippen LogP contribution in [0.15, 0.2) is 53.4 Å². The van der Waals surface area contributed by atoms with Crippen LogP contribution in [0.4, 0.5) is 22.0 Å². The van der Waals surface area contributed by atoms with E-state index in [0.29, 0.717) is 11.1 Å². The molecule has 0 nitrogen and oxygen atoms in total. The highest BCUT2D eigenvalue weighted by molar-refractivity contribution is 8.32. The monoisotopic (exact) mass is 438 g/mol. The van der Waals surface area contributed by atoms with Crippen molar-refractivity contribution >= 4 is 10.0 Å². The van der Waals surface area contributed by atoms with E-state index in [-0.39, 0.29) is 16.2 Å². The number of hydrogen-bond acceptors (Lipinski definition) is 0. The normalized spacial score (nSPS) is 12.3. The molecule has 30 heavy (non-hydrogen) atoms. The number of aryl methyl sites for hydroxylation is 1. The Morgan fingerprint density at radius 2 is 1.20 bits per heavy atom. The molecule has 0 aliphatic carbocycles. The van der Waals surface area contributed by atoms with Gasteiger partial charge in [-0.05, 0) is 65.5 Å². The molecule has 0 saturated heterocycles. The number of hydrogen-bond donors (Lipinski definition) is 0. The molecule has 0 heterocycles. The van der Waals surface area contributed by atoms with Crippen molar-refractivity contribution in [3.05, 3.63) is 88.7 Å². The molecule has 160 valence electrons. The van der Waals surface area contributed by atoms with Crippen molar-refractivity contribution in [1.29, 1.82) is 0 Å². The van der Waals surface area contributed by atoms with Crippen molar-refractivity contribution in [2.45, 2.75) is 30.4 Å². The van der Waals surface area contributed by atoms with Crippen molar-refractivity contribution in [1.82, 2.24) is 0 Å². The van der Waals surface area contributed by atoms with E-state index in [1.165, 1.54) is 12.1 Å². The molecule has 0 radical (unpaired) electrons. The van der Waals surface area contributed by atoms with Gasteiger partial charge in [-0.15, -0.1) is 0 Å². The summed E-state index contributed by atoms with van der Waals surface area (Å²) < 4.78 is 70.3. The first-order chi connectivity index (χ1) is 14.1. The summed E-state index contributed by atoms with van der Waals surface area (Å²) in [6, 6.07) is 11.9. The van der Waals surface area contributed by atoms with Gasteiger partial charge in [-0.3, -0.25) is 0 Å². The predicted molar refractivity (Wildman–Crippen MR) is 114 cm³/mol. The van der Waals surface area contributed by atoms with Crippen molar-refractivity contribution in [3.8, 4) is 11.1 Å². The molecule has 0 saturated carbocycles. The molecule has 0 amide bonds. The van der Waals surface area contributed by atoms with Gasteiger partial charge in [-0.2, -0.15) is 0 Å². The highest BCUT2D eigenvalue weighted by atomic mass is 32.3. The minimum absolute atomic E-state index is 0.0139. The fraction of sp³-hybridized carbons (Fsp3) is 0.250. The van der Waals surface area contributed by atoms with Crippen LogP contribution in [-0.4, -0.2) is 12.5 Å². The second-order valence-corrected chi connectivity index (χ2v) is 11.5. The molecule has 0 bridgehead atoms. The first kappa shape index (κ1) is 22.3. The third kappa shape index (κ3) is 4.69. The fourth-order valence-corrected chi connectivity index (χ4v) is 5.91. The molecule has 0 unspecified atom stereocenters. The van der Waals surface area contributed by atoms with Gasteiger partial charge in [0.15, 0.2) is 17.5 Å².